The van der Waals surface area contributed by atoms with Crippen molar-refractivity contribution in [2.75, 3.05) is 13.2 Å². The van der Waals surface area contributed by atoms with Gasteiger partial charge >= 0.3 is 0 Å². The third-order valence-corrected chi connectivity index (χ3v) is 3.89. The fraction of sp³-hybridized carbons (Fsp3) is 0.647. The Labute approximate surface area is 121 Å². The molecule has 20 heavy (non-hydrogen) atoms. The van der Waals surface area contributed by atoms with Crippen LogP contribution in [0.2, 0.25) is 0 Å². The van der Waals surface area contributed by atoms with Crippen LogP contribution in [0.5, 0.6) is 0 Å². The highest BCUT2D eigenvalue weighted by molar-refractivity contribution is 5.20. The minimum Gasteiger partial charge on any atom is -0.390 e. The van der Waals surface area contributed by atoms with Crippen molar-refractivity contribution in [3.8, 4) is 0 Å². The molecule has 1 aromatic carbocycles. The summed E-state index contributed by atoms with van der Waals surface area (Å²) in [4.78, 5) is 0. The van der Waals surface area contributed by atoms with Crippen LogP contribution in [-0.2, 0) is 9.47 Å². The van der Waals surface area contributed by atoms with Crippen LogP contribution in [0.4, 0.5) is 0 Å². The van der Waals surface area contributed by atoms with Crippen molar-refractivity contribution in [2.24, 2.45) is 0 Å². The fourth-order valence-corrected chi connectivity index (χ4v) is 2.80. The molecule has 1 fully saturated rings. The molecule has 0 spiro atoms. The Morgan fingerprint density at radius 1 is 1.15 bits per heavy atom. The molecular weight excluding hydrogens is 252 g/mol. The van der Waals surface area contributed by atoms with Gasteiger partial charge in [0.1, 0.15) is 0 Å². The van der Waals surface area contributed by atoms with Crippen LogP contribution in [0.1, 0.15) is 44.6 Å². The summed E-state index contributed by atoms with van der Waals surface area (Å²) in [6.07, 6.45) is 2.57. The van der Waals surface area contributed by atoms with Crippen molar-refractivity contribution in [2.45, 2.75) is 57.3 Å². The lowest BCUT2D eigenvalue weighted by molar-refractivity contribution is -0.0821. The van der Waals surface area contributed by atoms with E-state index in [0.717, 1.165) is 19.3 Å². The predicted molar refractivity (Wildman–Crippen MR) is 79.9 cm³/mol. The van der Waals surface area contributed by atoms with Gasteiger partial charge in [-0.15, -0.1) is 0 Å². The van der Waals surface area contributed by atoms with Gasteiger partial charge in [0.2, 0.25) is 0 Å². The Bertz CT molecular complexity index is 377. The van der Waals surface area contributed by atoms with Gasteiger partial charge in [0.05, 0.1) is 31.5 Å². The van der Waals surface area contributed by atoms with Gasteiger partial charge in [-0.25, -0.2) is 0 Å². The molecule has 3 nitrogen and oxygen atoms in total. The molecular formula is C17H26O3. The Hall–Kier alpha value is -0.900. The van der Waals surface area contributed by atoms with Gasteiger partial charge in [-0.2, -0.15) is 0 Å². The van der Waals surface area contributed by atoms with E-state index in [1.165, 1.54) is 5.56 Å². The van der Waals surface area contributed by atoms with Crippen LogP contribution in [-0.4, -0.2) is 36.6 Å². The molecule has 1 saturated carbocycles. The monoisotopic (exact) mass is 278 g/mol. The summed E-state index contributed by atoms with van der Waals surface area (Å²) < 4.78 is 11.3. The lowest BCUT2D eigenvalue weighted by Crippen LogP contribution is -2.36. The van der Waals surface area contributed by atoms with E-state index in [-0.39, 0.29) is 18.3 Å². The molecule has 112 valence electrons. The van der Waals surface area contributed by atoms with Gasteiger partial charge in [0.15, 0.2) is 0 Å². The number of hydrogen-bond acceptors (Lipinski definition) is 3. The molecule has 1 aliphatic carbocycles. The highest BCUT2D eigenvalue weighted by Crippen LogP contribution is 2.34. The summed E-state index contributed by atoms with van der Waals surface area (Å²) in [7, 11) is 0. The van der Waals surface area contributed by atoms with E-state index in [0.29, 0.717) is 19.1 Å². The third kappa shape index (κ3) is 4.58. The SMILES string of the molecule is CC(C)OCCOC1CC(c2ccccc2)CCC1O. The van der Waals surface area contributed by atoms with Crippen LogP contribution in [0, 0.1) is 0 Å². The summed E-state index contributed by atoms with van der Waals surface area (Å²) in [5, 5.41) is 10.1. The fourth-order valence-electron chi connectivity index (χ4n) is 2.80. The van der Waals surface area contributed by atoms with Crippen molar-refractivity contribution < 1.29 is 14.6 Å². The van der Waals surface area contributed by atoms with Crippen LogP contribution in [0.25, 0.3) is 0 Å². The highest BCUT2D eigenvalue weighted by atomic mass is 16.5. The second kappa shape index (κ2) is 7.77. The molecule has 1 aromatic rings. The topological polar surface area (TPSA) is 38.7 Å². The maximum atomic E-state index is 10.1. The molecule has 3 unspecified atom stereocenters. The first-order chi connectivity index (χ1) is 9.66. The lowest BCUT2D eigenvalue weighted by atomic mass is 9.81. The summed E-state index contributed by atoms with van der Waals surface area (Å²) in [5.74, 6) is 0.496. The van der Waals surface area contributed by atoms with Crippen molar-refractivity contribution in [3.05, 3.63) is 35.9 Å². The first-order valence-electron chi connectivity index (χ1n) is 7.63. The first kappa shape index (κ1) is 15.5. The molecule has 1 aliphatic rings. The zero-order chi connectivity index (χ0) is 14.4. The van der Waals surface area contributed by atoms with Crippen molar-refractivity contribution in [1.82, 2.24) is 0 Å². The number of benzene rings is 1. The molecule has 0 heterocycles. The molecule has 0 aliphatic heterocycles. The van der Waals surface area contributed by atoms with Crippen LogP contribution in [0.15, 0.2) is 30.3 Å². The van der Waals surface area contributed by atoms with Gasteiger partial charge in [0.25, 0.3) is 0 Å². The number of ether oxygens (including phenoxy) is 2. The zero-order valence-corrected chi connectivity index (χ0v) is 12.5. The summed E-state index contributed by atoms with van der Waals surface area (Å²) in [6.45, 7) is 5.18. The number of aliphatic hydroxyl groups is 1. The minimum atomic E-state index is -0.339. The maximum Gasteiger partial charge on any atom is 0.0840 e. The van der Waals surface area contributed by atoms with E-state index in [9.17, 15) is 5.11 Å². The van der Waals surface area contributed by atoms with E-state index in [1.54, 1.807) is 0 Å². The molecule has 0 amide bonds. The van der Waals surface area contributed by atoms with E-state index in [4.69, 9.17) is 9.47 Å². The Kier molecular flexibility index (Phi) is 6.02. The summed E-state index contributed by atoms with van der Waals surface area (Å²) in [6, 6.07) is 10.5. The van der Waals surface area contributed by atoms with Gasteiger partial charge in [-0.1, -0.05) is 30.3 Å². The Balaban J connectivity index is 1.82. The second-order valence-corrected chi connectivity index (χ2v) is 5.82. The largest absolute Gasteiger partial charge is 0.390 e. The average molecular weight is 278 g/mol. The smallest absolute Gasteiger partial charge is 0.0840 e. The number of aliphatic hydroxyl groups excluding tert-OH is 1. The highest BCUT2D eigenvalue weighted by Gasteiger charge is 2.30. The van der Waals surface area contributed by atoms with Crippen molar-refractivity contribution in [3.63, 3.8) is 0 Å². The first-order valence-corrected chi connectivity index (χ1v) is 7.63. The molecule has 1 N–H and O–H groups in total. The van der Waals surface area contributed by atoms with E-state index >= 15 is 0 Å². The second-order valence-electron chi connectivity index (χ2n) is 5.82. The summed E-state index contributed by atoms with van der Waals surface area (Å²) >= 11 is 0. The van der Waals surface area contributed by atoms with Gasteiger partial charge < -0.3 is 14.6 Å². The Morgan fingerprint density at radius 2 is 1.90 bits per heavy atom. The Morgan fingerprint density at radius 3 is 2.60 bits per heavy atom. The average Bonchev–Trinajstić information content (AvgIpc) is 2.46. The van der Waals surface area contributed by atoms with Gasteiger partial charge in [0, 0.05) is 0 Å². The molecule has 3 heteroatoms. The quantitative estimate of drug-likeness (QED) is 0.813. The number of rotatable bonds is 6. The van der Waals surface area contributed by atoms with Crippen molar-refractivity contribution in [1.29, 1.82) is 0 Å². The number of hydrogen-bond donors (Lipinski definition) is 1. The molecule has 2 rings (SSSR count). The molecule has 3 atom stereocenters. The third-order valence-electron chi connectivity index (χ3n) is 3.89. The minimum absolute atomic E-state index is 0.0651. The summed E-state index contributed by atoms with van der Waals surface area (Å²) in [5.41, 5.74) is 1.35. The maximum absolute atomic E-state index is 10.1. The normalized spacial score (nSPS) is 26.9. The van der Waals surface area contributed by atoms with E-state index in [2.05, 4.69) is 24.3 Å². The van der Waals surface area contributed by atoms with Gasteiger partial charge in [-0.3, -0.25) is 0 Å². The molecule has 0 radical (unpaired) electrons. The van der Waals surface area contributed by atoms with E-state index in [1.807, 2.05) is 19.9 Å². The zero-order valence-electron chi connectivity index (χ0n) is 12.5. The van der Waals surface area contributed by atoms with Crippen LogP contribution in [0.3, 0.4) is 0 Å². The van der Waals surface area contributed by atoms with Gasteiger partial charge in [-0.05, 0) is 44.6 Å². The predicted octanol–water partition coefficient (Wildman–Crippen LogP) is 3.13. The van der Waals surface area contributed by atoms with Crippen LogP contribution < -0.4 is 0 Å². The lowest BCUT2D eigenvalue weighted by Gasteiger charge is -2.33. The molecule has 0 aromatic heterocycles. The molecule has 0 bridgehead atoms. The van der Waals surface area contributed by atoms with Crippen LogP contribution >= 0.6 is 0 Å². The van der Waals surface area contributed by atoms with Crippen molar-refractivity contribution >= 4 is 0 Å². The standard InChI is InChI=1S/C17H26O3/c1-13(2)19-10-11-20-17-12-15(8-9-16(17)18)14-6-4-3-5-7-14/h3-7,13,15-18H,8-12H2,1-2H3. The molecule has 0 saturated heterocycles. The van der Waals surface area contributed by atoms with E-state index < -0.39 is 0 Å².